The van der Waals surface area contributed by atoms with Gasteiger partial charge in [0, 0.05) is 11.6 Å². The summed E-state index contributed by atoms with van der Waals surface area (Å²) in [5.41, 5.74) is 1.13. The number of nitrogens with one attached hydrogen (secondary N) is 1. The summed E-state index contributed by atoms with van der Waals surface area (Å²) >= 11 is 5.87. The van der Waals surface area contributed by atoms with Crippen molar-refractivity contribution >= 4 is 17.5 Å². The van der Waals surface area contributed by atoms with Crippen LogP contribution in [0.2, 0.25) is 5.02 Å². The molecule has 0 aromatic heterocycles. The Morgan fingerprint density at radius 2 is 1.78 bits per heavy atom. The molecule has 1 N–H and O–H groups in total. The summed E-state index contributed by atoms with van der Waals surface area (Å²) in [6, 6.07) is 12.8. The summed E-state index contributed by atoms with van der Waals surface area (Å²) in [6.07, 6.45) is 1.71. The lowest BCUT2D eigenvalue weighted by Crippen LogP contribution is -2.38. The predicted octanol–water partition coefficient (Wildman–Crippen LogP) is 4.26. The van der Waals surface area contributed by atoms with Gasteiger partial charge in [-0.05, 0) is 61.2 Å². The van der Waals surface area contributed by atoms with Gasteiger partial charge in [-0.3, -0.25) is 4.79 Å². The predicted molar refractivity (Wildman–Crippen MR) is 107 cm³/mol. The number of rotatable bonds is 10. The molecule has 2 rings (SSSR count). The zero-order valence-corrected chi connectivity index (χ0v) is 16.7. The van der Waals surface area contributed by atoms with E-state index in [4.69, 9.17) is 25.8 Å². The molecule has 0 fully saturated rings. The molecule has 2 aromatic carbocycles. The van der Waals surface area contributed by atoms with Crippen molar-refractivity contribution in [3.8, 4) is 17.2 Å². The maximum Gasteiger partial charge on any atom is 0.261 e. The highest BCUT2D eigenvalue weighted by Gasteiger charge is 2.17. The number of carbonyl (C=O) groups excluding carboxylic acids is 1. The van der Waals surface area contributed by atoms with Gasteiger partial charge in [-0.25, -0.2) is 0 Å². The number of methoxy groups -OCH3 is 2. The summed E-state index contributed by atoms with van der Waals surface area (Å²) in [5.74, 6) is 1.94. The van der Waals surface area contributed by atoms with E-state index in [0.29, 0.717) is 35.2 Å². The number of carbonyl (C=O) groups is 1. The van der Waals surface area contributed by atoms with Gasteiger partial charge in [0.15, 0.2) is 17.6 Å². The molecule has 0 spiro atoms. The molecule has 5 nitrogen and oxygen atoms in total. The monoisotopic (exact) mass is 391 g/mol. The van der Waals surface area contributed by atoms with Gasteiger partial charge >= 0.3 is 0 Å². The van der Waals surface area contributed by atoms with Crippen molar-refractivity contribution < 1.29 is 19.0 Å². The highest BCUT2D eigenvalue weighted by molar-refractivity contribution is 6.30. The van der Waals surface area contributed by atoms with Crippen LogP contribution in [0.15, 0.2) is 42.5 Å². The van der Waals surface area contributed by atoms with Crippen molar-refractivity contribution in [1.82, 2.24) is 5.32 Å². The smallest absolute Gasteiger partial charge is 0.261 e. The van der Waals surface area contributed by atoms with Crippen molar-refractivity contribution in [3.05, 3.63) is 53.1 Å². The SMILES string of the molecule is CCC(Oc1ccc(Cl)cc1)C(=O)NCCCc1ccc(OC)c(OC)c1. The third-order valence-corrected chi connectivity index (χ3v) is 4.40. The largest absolute Gasteiger partial charge is 0.493 e. The minimum atomic E-state index is -0.521. The van der Waals surface area contributed by atoms with Crippen LogP contribution in [-0.2, 0) is 11.2 Å². The van der Waals surface area contributed by atoms with Crippen LogP contribution < -0.4 is 19.5 Å². The Labute approximate surface area is 165 Å². The molecule has 0 bridgehead atoms. The Balaban J connectivity index is 1.79. The Hall–Kier alpha value is -2.40. The van der Waals surface area contributed by atoms with E-state index in [1.807, 2.05) is 25.1 Å². The van der Waals surface area contributed by atoms with E-state index in [1.165, 1.54) is 0 Å². The lowest BCUT2D eigenvalue weighted by atomic mass is 10.1. The van der Waals surface area contributed by atoms with E-state index in [9.17, 15) is 4.79 Å². The van der Waals surface area contributed by atoms with Crippen LogP contribution >= 0.6 is 11.6 Å². The second kappa shape index (κ2) is 10.7. The zero-order chi connectivity index (χ0) is 19.6. The van der Waals surface area contributed by atoms with Crippen LogP contribution in [0.1, 0.15) is 25.3 Å². The molecular formula is C21H26ClNO4. The normalized spacial score (nSPS) is 11.6. The fraction of sp³-hybridized carbons (Fsp3) is 0.381. The molecule has 0 aliphatic carbocycles. The van der Waals surface area contributed by atoms with Crippen LogP contribution in [0.25, 0.3) is 0 Å². The molecule has 2 aromatic rings. The summed E-state index contributed by atoms with van der Waals surface area (Å²) < 4.78 is 16.3. The molecule has 1 amide bonds. The first kappa shape index (κ1) is 20.9. The maximum absolute atomic E-state index is 12.3. The van der Waals surface area contributed by atoms with Crippen LogP contribution in [-0.4, -0.2) is 32.8 Å². The third-order valence-electron chi connectivity index (χ3n) is 4.14. The third kappa shape index (κ3) is 6.36. The van der Waals surface area contributed by atoms with Crippen LogP contribution in [0.4, 0.5) is 0 Å². The quantitative estimate of drug-likeness (QED) is 0.615. The van der Waals surface area contributed by atoms with Crippen LogP contribution in [0, 0.1) is 0 Å². The molecular weight excluding hydrogens is 366 g/mol. The summed E-state index contributed by atoms with van der Waals surface area (Å²) in [5, 5.41) is 3.58. The van der Waals surface area contributed by atoms with Crippen molar-refractivity contribution in [2.75, 3.05) is 20.8 Å². The van der Waals surface area contributed by atoms with E-state index in [2.05, 4.69) is 5.32 Å². The Morgan fingerprint density at radius 1 is 1.07 bits per heavy atom. The first-order valence-corrected chi connectivity index (χ1v) is 9.36. The molecule has 0 aliphatic rings. The summed E-state index contributed by atoms with van der Waals surface area (Å²) in [4.78, 5) is 12.3. The van der Waals surface area contributed by atoms with Gasteiger partial charge in [-0.2, -0.15) is 0 Å². The van der Waals surface area contributed by atoms with Gasteiger partial charge in [0.05, 0.1) is 14.2 Å². The van der Waals surface area contributed by atoms with Crippen molar-refractivity contribution in [1.29, 1.82) is 0 Å². The topological polar surface area (TPSA) is 56.8 Å². The average Bonchev–Trinajstić information content (AvgIpc) is 2.70. The number of ether oxygens (including phenoxy) is 3. The number of hydrogen-bond donors (Lipinski definition) is 1. The number of halogens is 1. The van der Waals surface area contributed by atoms with Gasteiger partial charge in [0.1, 0.15) is 5.75 Å². The van der Waals surface area contributed by atoms with Gasteiger partial charge < -0.3 is 19.5 Å². The second-order valence-corrected chi connectivity index (χ2v) is 6.49. The van der Waals surface area contributed by atoms with E-state index < -0.39 is 6.10 Å². The molecule has 0 saturated heterocycles. The molecule has 0 radical (unpaired) electrons. The Kier molecular flexibility index (Phi) is 8.27. The van der Waals surface area contributed by atoms with E-state index in [-0.39, 0.29) is 5.91 Å². The van der Waals surface area contributed by atoms with Crippen molar-refractivity contribution in [3.63, 3.8) is 0 Å². The molecule has 0 saturated carbocycles. The average molecular weight is 392 g/mol. The first-order valence-electron chi connectivity index (χ1n) is 8.98. The molecule has 0 heterocycles. The van der Waals surface area contributed by atoms with Crippen molar-refractivity contribution in [2.24, 2.45) is 0 Å². The fourth-order valence-electron chi connectivity index (χ4n) is 2.65. The molecule has 27 heavy (non-hydrogen) atoms. The highest BCUT2D eigenvalue weighted by Crippen LogP contribution is 2.27. The molecule has 1 atom stereocenters. The van der Waals surface area contributed by atoms with E-state index >= 15 is 0 Å². The van der Waals surface area contributed by atoms with Crippen LogP contribution in [0.3, 0.4) is 0 Å². The number of amides is 1. The van der Waals surface area contributed by atoms with Crippen molar-refractivity contribution in [2.45, 2.75) is 32.3 Å². The molecule has 146 valence electrons. The van der Waals surface area contributed by atoms with Crippen LogP contribution in [0.5, 0.6) is 17.2 Å². The van der Waals surface area contributed by atoms with E-state index in [1.54, 1.807) is 38.5 Å². The summed E-state index contributed by atoms with van der Waals surface area (Å²) in [7, 11) is 3.23. The second-order valence-electron chi connectivity index (χ2n) is 6.05. The lowest BCUT2D eigenvalue weighted by molar-refractivity contribution is -0.128. The number of hydrogen-bond acceptors (Lipinski definition) is 4. The Bertz CT molecular complexity index is 733. The molecule has 0 aliphatic heterocycles. The molecule has 1 unspecified atom stereocenters. The summed E-state index contributed by atoms with van der Waals surface area (Å²) in [6.45, 7) is 2.50. The first-order chi connectivity index (χ1) is 13.1. The minimum Gasteiger partial charge on any atom is -0.493 e. The van der Waals surface area contributed by atoms with E-state index in [0.717, 1.165) is 18.4 Å². The zero-order valence-electron chi connectivity index (χ0n) is 16.0. The lowest BCUT2D eigenvalue weighted by Gasteiger charge is -2.17. The van der Waals surface area contributed by atoms with Gasteiger partial charge in [-0.15, -0.1) is 0 Å². The van der Waals surface area contributed by atoms with Gasteiger partial charge in [0.25, 0.3) is 5.91 Å². The number of aryl methyl sites for hydroxylation is 1. The molecule has 6 heteroatoms. The number of benzene rings is 2. The minimum absolute atomic E-state index is 0.111. The highest BCUT2D eigenvalue weighted by atomic mass is 35.5. The van der Waals surface area contributed by atoms with Gasteiger partial charge in [-0.1, -0.05) is 24.6 Å². The fourth-order valence-corrected chi connectivity index (χ4v) is 2.78. The van der Waals surface area contributed by atoms with Gasteiger partial charge in [0.2, 0.25) is 0 Å². The Morgan fingerprint density at radius 3 is 2.41 bits per heavy atom. The maximum atomic E-state index is 12.3. The standard InChI is InChI=1S/C21H26ClNO4/c1-4-18(27-17-10-8-16(22)9-11-17)21(24)23-13-5-6-15-7-12-19(25-2)20(14-15)26-3/h7-12,14,18H,4-6,13H2,1-3H3,(H,23,24).